The van der Waals surface area contributed by atoms with E-state index in [-0.39, 0.29) is 31.1 Å². The van der Waals surface area contributed by atoms with Gasteiger partial charge in [0.1, 0.15) is 36.3 Å². The summed E-state index contributed by atoms with van der Waals surface area (Å²) in [5.41, 5.74) is 2.63. The Morgan fingerprint density at radius 2 is 1.19 bits per heavy atom. The van der Waals surface area contributed by atoms with Gasteiger partial charge in [-0.2, -0.15) is 0 Å². The zero-order valence-corrected chi connectivity index (χ0v) is 37.2. The van der Waals surface area contributed by atoms with Crippen molar-refractivity contribution in [2.24, 2.45) is 11.8 Å². The van der Waals surface area contributed by atoms with E-state index in [1.807, 2.05) is 38.1 Å². The van der Waals surface area contributed by atoms with E-state index in [9.17, 15) is 38.4 Å². The molecule has 8 amide bonds. The summed E-state index contributed by atoms with van der Waals surface area (Å²) in [4.78, 5) is 123. The molecular weight excluding hydrogens is 827 g/mol. The molecular formula is C43H61N13O8. The smallest absolute Gasteiger partial charge is 0.243 e. The van der Waals surface area contributed by atoms with E-state index in [1.165, 1.54) is 38.9 Å². The Kier molecular flexibility index (Phi) is 18.6. The lowest BCUT2D eigenvalue weighted by Crippen LogP contribution is -2.59. The Labute approximate surface area is 371 Å². The van der Waals surface area contributed by atoms with E-state index in [4.69, 9.17) is 0 Å². The summed E-state index contributed by atoms with van der Waals surface area (Å²) in [5, 5.41) is 22.1. The highest BCUT2D eigenvalue weighted by Gasteiger charge is 2.32. The molecule has 346 valence electrons. The predicted octanol–water partition coefficient (Wildman–Crippen LogP) is -0.455. The number of likely N-dealkylation sites (N-methyl/N-ethyl adjacent to an activating group) is 1. The molecule has 0 unspecified atom stereocenters. The zero-order valence-electron chi connectivity index (χ0n) is 37.2. The van der Waals surface area contributed by atoms with Crippen LogP contribution in [-0.2, 0) is 57.6 Å². The summed E-state index contributed by atoms with van der Waals surface area (Å²) in [6.45, 7) is 11.5. The Morgan fingerprint density at radius 1 is 0.609 bits per heavy atom. The fraction of sp³-hybridized carbons (Fsp3) is 0.488. The molecule has 64 heavy (non-hydrogen) atoms. The Balaban J connectivity index is 1.41. The van der Waals surface area contributed by atoms with Crippen molar-refractivity contribution in [1.29, 1.82) is 0 Å². The van der Waals surface area contributed by atoms with Crippen LogP contribution in [0.15, 0.2) is 55.5 Å². The number of fused-ring (bicyclic) bond motifs is 1. The second-order valence-corrected chi connectivity index (χ2v) is 16.3. The molecule has 6 atom stereocenters. The van der Waals surface area contributed by atoms with Crippen LogP contribution < -0.4 is 42.5 Å². The number of aromatic amines is 3. The van der Waals surface area contributed by atoms with Crippen LogP contribution in [0.3, 0.4) is 0 Å². The van der Waals surface area contributed by atoms with Gasteiger partial charge in [0.15, 0.2) is 0 Å². The Hall–Kier alpha value is -7.06. The van der Waals surface area contributed by atoms with Crippen molar-refractivity contribution < 1.29 is 38.4 Å². The standard InChI is InChI=1S/C43H61N13O8/c1-8-46-39(60)32(13-23(2)3)54-42(63)35(16-29-19-45-22-50-29)53-36(58)20-48-43(64)37(24(4)5)56-38(59)25(6)51-40(61)33(14-27-17-47-31-12-10-9-11-30(27)31)55-41(62)34(52-26(7)57)15-28-18-44-21-49-28/h9-12,17-19,21-25,32-35,37,47H,8,13-16,20H2,1-7H3,(H,44,49)(H,45,50)(H,46,60)(H,48,64)(H,51,61)(H,52,57)(H,53,58)(H,54,63)(H,55,62)(H,56,59)/t25-,32-,33-,34-,35-,37-/m0/s1. The molecule has 0 spiro atoms. The number of hydrogen-bond donors (Lipinski definition) is 11. The highest BCUT2D eigenvalue weighted by atomic mass is 16.2. The first-order valence-corrected chi connectivity index (χ1v) is 21.3. The average molecular weight is 888 g/mol. The van der Waals surface area contributed by atoms with Crippen LogP contribution in [0, 0.1) is 11.8 Å². The molecule has 11 N–H and O–H groups in total. The molecule has 4 rings (SSSR count). The molecule has 3 heterocycles. The molecule has 0 aliphatic carbocycles. The number of hydrogen-bond acceptors (Lipinski definition) is 10. The van der Waals surface area contributed by atoms with Crippen LogP contribution in [0.1, 0.15) is 71.8 Å². The summed E-state index contributed by atoms with van der Waals surface area (Å²) in [6, 6.07) is 0.794. The number of carbonyl (C=O) groups is 8. The van der Waals surface area contributed by atoms with Gasteiger partial charge in [0.25, 0.3) is 0 Å². The lowest BCUT2D eigenvalue weighted by atomic mass is 10.0. The Morgan fingerprint density at radius 3 is 1.75 bits per heavy atom. The first-order chi connectivity index (χ1) is 30.4. The zero-order chi connectivity index (χ0) is 46.9. The normalized spacial score (nSPS) is 14.0. The number of H-pyrrole nitrogens is 3. The minimum Gasteiger partial charge on any atom is -0.361 e. The molecule has 21 nitrogen and oxygen atoms in total. The van der Waals surface area contributed by atoms with E-state index in [1.54, 1.807) is 27.0 Å². The van der Waals surface area contributed by atoms with Crippen molar-refractivity contribution in [1.82, 2.24) is 67.5 Å². The third kappa shape index (κ3) is 15.1. The van der Waals surface area contributed by atoms with Crippen molar-refractivity contribution in [3.63, 3.8) is 0 Å². The van der Waals surface area contributed by atoms with Crippen LogP contribution in [0.4, 0.5) is 0 Å². The molecule has 4 aromatic rings. The summed E-state index contributed by atoms with van der Waals surface area (Å²) in [7, 11) is 0. The van der Waals surface area contributed by atoms with E-state index >= 15 is 0 Å². The van der Waals surface area contributed by atoms with Gasteiger partial charge in [-0.15, -0.1) is 0 Å². The molecule has 3 aromatic heterocycles. The number of benzene rings is 1. The number of imidazole rings is 2. The van der Waals surface area contributed by atoms with Gasteiger partial charge in [-0.05, 0) is 43.7 Å². The molecule has 0 radical (unpaired) electrons. The first kappa shape index (κ1) is 49.6. The molecule has 0 saturated heterocycles. The van der Waals surface area contributed by atoms with E-state index in [2.05, 4.69) is 67.5 Å². The maximum Gasteiger partial charge on any atom is 0.243 e. The lowest BCUT2D eigenvalue weighted by molar-refractivity contribution is -0.135. The predicted molar refractivity (Wildman–Crippen MR) is 236 cm³/mol. The number of amides is 8. The fourth-order valence-corrected chi connectivity index (χ4v) is 6.89. The first-order valence-electron chi connectivity index (χ1n) is 21.3. The van der Waals surface area contributed by atoms with Crippen molar-refractivity contribution >= 4 is 58.2 Å². The largest absolute Gasteiger partial charge is 0.361 e. The van der Waals surface area contributed by atoms with E-state index in [0.29, 0.717) is 29.9 Å². The average Bonchev–Trinajstić information content (AvgIpc) is 4.04. The lowest BCUT2D eigenvalue weighted by Gasteiger charge is -2.26. The van der Waals surface area contributed by atoms with Crippen LogP contribution >= 0.6 is 0 Å². The number of nitrogens with zero attached hydrogens (tertiary/aromatic N) is 2. The van der Waals surface area contributed by atoms with Gasteiger partial charge in [0.05, 0.1) is 19.2 Å². The third-order valence-electron chi connectivity index (χ3n) is 10.1. The topological polar surface area (TPSA) is 306 Å². The molecule has 1 aromatic carbocycles. The van der Waals surface area contributed by atoms with Gasteiger partial charge in [0, 0.05) is 73.6 Å². The minimum absolute atomic E-state index is 0.0109. The van der Waals surface area contributed by atoms with Gasteiger partial charge in [0.2, 0.25) is 47.3 Å². The molecule has 0 saturated carbocycles. The number of rotatable bonds is 24. The van der Waals surface area contributed by atoms with Crippen molar-refractivity contribution in [2.45, 2.75) is 110 Å². The minimum atomic E-state index is -1.21. The van der Waals surface area contributed by atoms with Crippen LogP contribution in [-0.4, -0.2) is 122 Å². The molecule has 0 aliphatic rings. The van der Waals surface area contributed by atoms with Crippen LogP contribution in [0.25, 0.3) is 10.9 Å². The maximum absolute atomic E-state index is 14.0. The van der Waals surface area contributed by atoms with Crippen molar-refractivity contribution in [3.8, 4) is 0 Å². The quantitative estimate of drug-likeness (QED) is 0.0431. The van der Waals surface area contributed by atoms with E-state index in [0.717, 1.165) is 10.9 Å². The van der Waals surface area contributed by atoms with Crippen LogP contribution in [0.2, 0.25) is 0 Å². The molecule has 0 bridgehead atoms. The summed E-state index contributed by atoms with van der Waals surface area (Å²) in [6.07, 6.45) is 8.04. The molecule has 0 fully saturated rings. The van der Waals surface area contributed by atoms with Gasteiger partial charge in [-0.3, -0.25) is 38.4 Å². The van der Waals surface area contributed by atoms with Gasteiger partial charge in [-0.25, -0.2) is 9.97 Å². The molecule has 21 heteroatoms. The number of nitrogens with one attached hydrogen (secondary N) is 11. The van der Waals surface area contributed by atoms with E-state index < -0.39 is 90.1 Å². The van der Waals surface area contributed by atoms with Crippen molar-refractivity contribution in [3.05, 3.63) is 72.5 Å². The van der Waals surface area contributed by atoms with Crippen LogP contribution in [0.5, 0.6) is 0 Å². The SMILES string of the molecule is CCNC(=O)[C@H](CC(C)C)NC(=O)[C@H](Cc1cnc[nH]1)NC(=O)CNC(=O)[C@@H](NC(=O)[C@H](C)NC(=O)[C@H](Cc1c[nH]c2ccccc12)NC(=O)[C@H](Cc1cnc[nH]1)NC(C)=O)C(C)C. The fourth-order valence-electron chi connectivity index (χ4n) is 6.89. The Bertz CT molecular complexity index is 2200. The summed E-state index contributed by atoms with van der Waals surface area (Å²) < 4.78 is 0. The van der Waals surface area contributed by atoms with Gasteiger partial charge in [-0.1, -0.05) is 45.9 Å². The summed E-state index contributed by atoms with van der Waals surface area (Å²) >= 11 is 0. The van der Waals surface area contributed by atoms with Gasteiger partial charge >= 0.3 is 0 Å². The van der Waals surface area contributed by atoms with Gasteiger partial charge < -0.3 is 57.5 Å². The maximum atomic E-state index is 14.0. The number of aromatic nitrogens is 5. The molecule has 0 aliphatic heterocycles. The summed E-state index contributed by atoms with van der Waals surface area (Å²) in [5.74, 6) is -5.33. The number of carbonyl (C=O) groups excluding carboxylic acids is 8. The highest BCUT2D eigenvalue weighted by molar-refractivity contribution is 5.97. The van der Waals surface area contributed by atoms with Crippen molar-refractivity contribution in [2.75, 3.05) is 13.1 Å². The monoisotopic (exact) mass is 887 g/mol. The third-order valence-corrected chi connectivity index (χ3v) is 10.1. The number of para-hydroxylation sites is 1. The second kappa shape index (κ2) is 24.0. The highest BCUT2D eigenvalue weighted by Crippen LogP contribution is 2.19. The second-order valence-electron chi connectivity index (χ2n) is 16.3.